The zero-order valence-electron chi connectivity index (χ0n) is 16.9. The Balaban J connectivity index is 0. The summed E-state index contributed by atoms with van der Waals surface area (Å²) in [4.78, 5) is 9.15. The molecule has 0 aromatic heterocycles. The molecule has 0 rings (SSSR count). The first-order chi connectivity index (χ1) is 11.8. The lowest BCUT2D eigenvalue weighted by Crippen LogP contribution is -1.97. The first kappa shape index (κ1) is 25.8. The molecule has 0 aromatic carbocycles. The van der Waals surface area contributed by atoms with Gasteiger partial charge < -0.3 is 5.73 Å². The molecule has 0 fully saturated rings. The van der Waals surface area contributed by atoms with Gasteiger partial charge in [-0.2, -0.15) is 4.91 Å². The number of hydrogen-bond donors (Lipinski definition) is 1. The van der Waals surface area contributed by atoms with Crippen molar-refractivity contribution in [2.75, 3.05) is 13.1 Å². The zero-order chi connectivity index (χ0) is 18.1. The van der Waals surface area contributed by atoms with Crippen LogP contribution in [0.1, 0.15) is 123 Å². The van der Waals surface area contributed by atoms with Crippen LogP contribution in [-0.4, -0.2) is 13.1 Å². The highest BCUT2D eigenvalue weighted by Gasteiger charge is 1.94. The summed E-state index contributed by atoms with van der Waals surface area (Å²) in [5.41, 5.74) is 5.48. The normalized spacial score (nSPS) is 10.3. The highest BCUT2D eigenvalue weighted by molar-refractivity contribution is 4.50. The van der Waals surface area contributed by atoms with E-state index in [-0.39, 0.29) is 0 Å². The third-order valence-corrected chi connectivity index (χ3v) is 4.37. The molecular formula is C21H46N2O. The maximum atomic E-state index is 9.15. The second kappa shape index (κ2) is 27.4. The van der Waals surface area contributed by atoms with Crippen molar-refractivity contribution in [3.05, 3.63) is 4.91 Å². The predicted octanol–water partition coefficient (Wildman–Crippen LogP) is 7.37. The fourth-order valence-electron chi connectivity index (χ4n) is 2.78. The smallest absolute Gasteiger partial charge is 0.0808 e. The summed E-state index contributed by atoms with van der Waals surface area (Å²) < 4.78 is 0. The van der Waals surface area contributed by atoms with E-state index < -0.39 is 0 Å². The van der Waals surface area contributed by atoms with Gasteiger partial charge >= 0.3 is 0 Å². The Bertz CT molecular complexity index is 194. The molecule has 24 heavy (non-hydrogen) atoms. The van der Waals surface area contributed by atoms with Gasteiger partial charge in [0.2, 0.25) is 0 Å². The largest absolute Gasteiger partial charge is 0.330 e. The third-order valence-electron chi connectivity index (χ3n) is 4.37. The molecule has 0 radical (unpaired) electrons. The maximum absolute atomic E-state index is 9.15. The number of nitrogens with two attached hydrogens (primary N) is 1. The first-order valence-corrected chi connectivity index (χ1v) is 10.8. The molecule has 0 spiro atoms. The fraction of sp³-hybridized carbons (Fsp3) is 1.00. The Hall–Kier alpha value is -0.440. The summed E-state index contributed by atoms with van der Waals surface area (Å²) >= 11 is 0. The van der Waals surface area contributed by atoms with E-state index in [0.717, 1.165) is 13.0 Å². The van der Waals surface area contributed by atoms with Gasteiger partial charge in [-0.1, -0.05) is 115 Å². The molecule has 0 aromatic rings. The van der Waals surface area contributed by atoms with Crippen LogP contribution in [0.4, 0.5) is 0 Å². The van der Waals surface area contributed by atoms with E-state index in [1.54, 1.807) is 0 Å². The molecule has 3 nitrogen and oxygen atoms in total. The van der Waals surface area contributed by atoms with Crippen LogP contribution in [0.5, 0.6) is 0 Å². The monoisotopic (exact) mass is 342 g/mol. The van der Waals surface area contributed by atoms with Crippen LogP contribution in [0.2, 0.25) is 0 Å². The SMILES string of the molecule is CCCCCCCCCCCCCCCCCCN.CCCN=O. The third kappa shape index (κ3) is 29.6. The van der Waals surface area contributed by atoms with Crippen LogP contribution in [0.25, 0.3) is 0 Å². The molecule has 0 aliphatic rings. The number of hydrogen-bond acceptors (Lipinski definition) is 3. The zero-order valence-corrected chi connectivity index (χ0v) is 16.9. The highest BCUT2D eigenvalue weighted by atomic mass is 16.3. The predicted molar refractivity (Wildman–Crippen MR) is 110 cm³/mol. The van der Waals surface area contributed by atoms with Gasteiger partial charge in [0.15, 0.2) is 0 Å². The van der Waals surface area contributed by atoms with Crippen LogP contribution >= 0.6 is 0 Å². The van der Waals surface area contributed by atoms with E-state index in [1.165, 1.54) is 103 Å². The molecule has 2 N–H and O–H groups in total. The molecule has 0 aliphatic carbocycles. The van der Waals surface area contributed by atoms with Crippen molar-refractivity contribution in [1.29, 1.82) is 0 Å². The van der Waals surface area contributed by atoms with Gasteiger partial charge in [0.1, 0.15) is 0 Å². The van der Waals surface area contributed by atoms with E-state index >= 15 is 0 Å². The van der Waals surface area contributed by atoms with Gasteiger partial charge in [-0.3, -0.25) is 0 Å². The Morgan fingerprint density at radius 3 is 1.08 bits per heavy atom. The quantitative estimate of drug-likeness (QED) is 0.209. The molecule has 0 amide bonds. The van der Waals surface area contributed by atoms with Gasteiger partial charge in [0.25, 0.3) is 0 Å². The highest BCUT2D eigenvalue weighted by Crippen LogP contribution is 2.13. The topological polar surface area (TPSA) is 55.4 Å². The second-order valence-corrected chi connectivity index (χ2v) is 6.94. The van der Waals surface area contributed by atoms with Crippen LogP contribution in [0.3, 0.4) is 0 Å². The van der Waals surface area contributed by atoms with Crippen molar-refractivity contribution in [2.24, 2.45) is 10.9 Å². The van der Waals surface area contributed by atoms with E-state index in [4.69, 9.17) is 10.6 Å². The minimum absolute atomic E-state index is 0.458. The van der Waals surface area contributed by atoms with Crippen LogP contribution in [0, 0.1) is 4.91 Å². The number of nitrogens with zero attached hydrogens (tertiary/aromatic N) is 1. The van der Waals surface area contributed by atoms with Crippen LogP contribution < -0.4 is 5.73 Å². The summed E-state index contributed by atoms with van der Waals surface area (Å²) in [6, 6.07) is 0. The Morgan fingerprint density at radius 2 is 0.875 bits per heavy atom. The molecule has 0 atom stereocenters. The van der Waals surface area contributed by atoms with Gasteiger partial charge in [-0.25, -0.2) is 0 Å². The van der Waals surface area contributed by atoms with E-state index in [0.29, 0.717) is 6.54 Å². The second-order valence-electron chi connectivity index (χ2n) is 6.94. The average molecular weight is 343 g/mol. The van der Waals surface area contributed by atoms with Crippen LogP contribution in [0.15, 0.2) is 5.18 Å². The van der Waals surface area contributed by atoms with Crippen molar-refractivity contribution < 1.29 is 0 Å². The summed E-state index contributed by atoms with van der Waals surface area (Å²) in [6.07, 6.45) is 23.7. The molecule has 146 valence electrons. The molecule has 0 unspecified atom stereocenters. The van der Waals surface area contributed by atoms with Gasteiger partial charge in [-0.15, -0.1) is 0 Å². The van der Waals surface area contributed by atoms with Gasteiger partial charge in [-0.05, 0) is 19.4 Å². The minimum atomic E-state index is 0.458. The molecule has 0 bridgehead atoms. The Labute approximate surface area is 152 Å². The Kier molecular flexibility index (Phi) is 29.5. The molecule has 0 heterocycles. The molecule has 3 heteroatoms. The lowest BCUT2D eigenvalue weighted by molar-refractivity contribution is 0.530. The summed E-state index contributed by atoms with van der Waals surface area (Å²) in [5.74, 6) is 0. The van der Waals surface area contributed by atoms with E-state index in [9.17, 15) is 0 Å². The summed E-state index contributed by atoms with van der Waals surface area (Å²) in [6.45, 7) is 5.54. The maximum Gasteiger partial charge on any atom is 0.0808 e. The van der Waals surface area contributed by atoms with Crippen molar-refractivity contribution >= 4 is 0 Å². The minimum Gasteiger partial charge on any atom is -0.330 e. The van der Waals surface area contributed by atoms with Crippen molar-refractivity contribution in [2.45, 2.75) is 123 Å². The molecular weight excluding hydrogens is 296 g/mol. The lowest BCUT2D eigenvalue weighted by atomic mass is 10.0. The van der Waals surface area contributed by atoms with Crippen molar-refractivity contribution in [3.8, 4) is 0 Å². The van der Waals surface area contributed by atoms with Crippen molar-refractivity contribution in [1.82, 2.24) is 0 Å². The average Bonchev–Trinajstić information content (AvgIpc) is 2.60. The summed E-state index contributed by atoms with van der Waals surface area (Å²) in [7, 11) is 0. The molecule has 0 saturated heterocycles. The van der Waals surface area contributed by atoms with E-state index in [2.05, 4.69) is 12.1 Å². The van der Waals surface area contributed by atoms with E-state index in [1.807, 2.05) is 6.92 Å². The van der Waals surface area contributed by atoms with Crippen molar-refractivity contribution in [3.63, 3.8) is 0 Å². The van der Waals surface area contributed by atoms with Gasteiger partial charge in [0.05, 0.1) is 6.54 Å². The fourth-order valence-corrected chi connectivity index (χ4v) is 2.78. The number of nitroso groups, excluding NO2 is 1. The van der Waals surface area contributed by atoms with Gasteiger partial charge in [0, 0.05) is 0 Å². The standard InChI is InChI=1S/C18H39N.C3H7NO/c1-2-3-4-5-6-7-8-9-10-11-12-13-14-15-16-17-18-19;1-2-3-4-5/h2-19H2,1H3;2-3H2,1H3. The molecule has 0 aliphatic heterocycles. The first-order valence-electron chi connectivity index (χ1n) is 10.8. The summed E-state index contributed by atoms with van der Waals surface area (Å²) in [5, 5.41) is 2.60. The number of unbranched alkanes of at least 4 members (excludes halogenated alkanes) is 15. The molecule has 0 saturated carbocycles. The lowest BCUT2D eigenvalue weighted by Gasteiger charge is -2.03. The van der Waals surface area contributed by atoms with Crippen LogP contribution in [-0.2, 0) is 0 Å². The Morgan fingerprint density at radius 1 is 0.542 bits per heavy atom. The number of rotatable bonds is 18.